The Hall–Kier alpha value is -2.75. The molecule has 4 nitrogen and oxygen atoms in total. The Balaban J connectivity index is 2.18. The fraction of sp³-hybridized carbons (Fsp3) is 0.211. The summed E-state index contributed by atoms with van der Waals surface area (Å²) in [6.45, 7) is 3.81. The zero-order valence-electron chi connectivity index (χ0n) is 13.8. The lowest BCUT2D eigenvalue weighted by atomic mass is 10.1. The lowest BCUT2D eigenvalue weighted by Crippen LogP contribution is -2.06. The Morgan fingerprint density at radius 2 is 1.70 bits per heavy atom. The quantitative estimate of drug-likeness (QED) is 0.476. The van der Waals surface area contributed by atoms with E-state index in [1.165, 1.54) is 6.08 Å². The molecule has 2 rings (SSSR count). The molecule has 0 aliphatic rings. The maximum Gasteiger partial charge on any atom is 0.336 e. The van der Waals surface area contributed by atoms with Crippen LogP contribution in [-0.2, 0) is 4.79 Å². The molecule has 4 heteroatoms. The van der Waals surface area contributed by atoms with Gasteiger partial charge >= 0.3 is 5.97 Å². The zero-order valence-corrected chi connectivity index (χ0v) is 13.8. The molecule has 0 saturated carbocycles. The van der Waals surface area contributed by atoms with Crippen LogP contribution in [0.15, 0.2) is 42.5 Å². The first-order valence-corrected chi connectivity index (χ1v) is 7.23. The second kappa shape index (κ2) is 7.49. The summed E-state index contributed by atoms with van der Waals surface area (Å²) in [5.41, 5.74) is 2.58. The largest absolute Gasteiger partial charge is 0.497 e. The summed E-state index contributed by atoms with van der Waals surface area (Å²) in [7, 11) is 3.17. The second-order valence-corrected chi connectivity index (χ2v) is 5.08. The average molecular weight is 312 g/mol. The number of aryl methyl sites for hydroxylation is 2. The van der Waals surface area contributed by atoms with Crippen molar-refractivity contribution in [2.24, 2.45) is 0 Å². The van der Waals surface area contributed by atoms with E-state index in [9.17, 15) is 4.79 Å². The molecule has 0 aromatic heterocycles. The van der Waals surface area contributed by atoms with E-state index >= 15 is 0 Å². The van der Waals surface area contributed by atoms with E-state index in [0.717, 1.165) is 16.7 Å². The van der Waals surface area contributed by atoms with Crippen molar-refractivity contribution in [1.82, 2.24) is 0 Å². The molecule has 2 aromatic carbocycles. The van der Waals surface area contributed by atoms with Gasteiger partial charge in [0.05, 0.1) is 14.2 Å². The maximum absolute atomic E-state index is 12.1. The van der Waals surface area contributed by atoms with Crippen molar-refractivity contribution in [1.29, 1.82) is 0 Å². The Bertz CT molecular complexity index is 712. The van der Waals surface area contributed by atoms with E-state index in [-0.39, 0.29) is 0 Å². The SMILES string of the molecule is COc1ccc(OC)c(C=CC(=O)Oc2c(C)cccc2C)c1. The molecule has 0 amide bonds. The Labute approximate surface area is 136 Å². The normalized spacial score (nSPS) is 10.6. The van der Waals surface area contributed by atoms with Crippen LogP contribution in [0.25, 0.3) is 6.08 Å². The van der Waals surface area contributed by atoms with Crippen LogP contribution in [0.1, 0.15) is 16.7 Å². The minimum Gasteiger partial charge on any atom is -0.497 e. The molecule has 2 aromatic rings. The molecule has 0 heterocycles. The van der Waals surface area contributed by atoms with Gasteiger partial charge in [-0.3, -0.25) is 0 Å². The van der Waals surface area contributed by atoms with Crippen LogP contribution < -0.4 is 14.2 Å². The summed E-state index contributed by atoms with van der Waals surface area (Å²) in [6, 6.07) is 11.1. The minimum atomic E-state index is -0.438. The molecular weight excluding hydrogens is 292 g/mol. The monoisotopic (exact) mass is 312 g/mol. The van der Waals surface area contributed by atoms with E-state index in [1.807, 2.05) is 32.0 Å². The second-order valence-electron chi connectivity index (χ2n) is 5.08. The molecule has 0 spiro atoms. The van der Waals surface area contributed by atoms with Crippen molar-refractivity contribution in [3.63, 3.8) is 0 Å². The number of carbonyl (C=O) groups is 1. The fourth-order valence-corrected chi connectivity index (χ4v) is 2.22. The first kappa shape index (κ1) is 16.6. The van der Waals surface area contributed by atoms with Gasteiger partial charge in [-0.1, -0.05) is 18.2 Å². The van der Waals surface area contributed by atoms with Gasteiger partial charge in [-0.15, -0.1) is 0 Å². The van der Waals surface area contributed by atoms with Crippen LogP contribution in [0.5, 0.6) is 17.2 Å². The summed E-state index contributed by atoms with van der Waals surface area (Å²) in [5.74, 6) is 1.50. The lowest BCUT2D eigenvalue weighted by Gasteiger charge is -2.09. The molecule has 23 heavy (non-hydrogen) atoms. The topological polar surface area (TPSA) is 44.8 Å². The van der Waals surface area contributed by atoms with Crippen LogP contribution in [0.2, 0.25) is 0 Å². The number of hydrogen-bond acceptors (Lipinski definition) is 4. The van der Waals surface area contributed by atoms with Gasteiger partial charge in [0, 0.05) is 11.6 Å². The molecule has 0 radical (unpaired) electrons. The highest BCUT2D eigenvalue weighted by molar-refractivity contribution is 5.89. The van der Waals surface area contributed by atoms with Crippen molar-refractivity contribution in [3.8, 4) is 17.2 Å². The minimum absolute atomic E-state index is 0.438. The molecule has 0 aliphatic heterocycles. The third kappa shape index (κ3) is 4.13. The third-order valence-electron chi connectivity index (χ3n) is 3.45. The summed E-state index contributed by atoms with van der Waals surface area (Å²) in [6.07, 6.45) is 3.03. The highest BCUT2D eigenvalue weighted by Gasteiger charge is 2.08. The number of benzene rings is 2. The van der Waals surface area contributed by atoms with E-state index in [2.05, 4.69) is 0 Å². The lowest BCUT2D eigenvalue weighted by molar-refractivity contribution is -0.129. The number of hydrogen-bond donors (Lipinski definition) is 0. The van der Waals surface area contributed by atoms with Crippen molar-refractivity contribution < 1.29 is 19.0 Å². The molecule has 0 aliphatic carbocycles. The standard InChI is InChI=1S/C19H20O4/c1-13-6-5-7-14(2)19(13)23-18(20)11-8-15-12-16(21-3)9-10-17(15)22-4/h5-12H,1-4H3. The van der Waals surface area contributed by atoms with Crippen molar-refractivity contribution >= 4 is 12.0 Å². The van der Waals surface area contributed by atoms with Gasteiger partial charge in [-0.2, -0.15) is 0 Å². The summed E-state index contributed by atoms with van der Waals surface area (Å²) >= 11 is 0. The molecule has 120 valence electrons. The first-order chi connectivity index (χ1) is 11.0. The predicted molar refractivity (Wildman–Crippen MR) is 90.1 cm³/mol. The van der Waals surface area contributed by atoms with Gasteiger partial charge in [-0.25, -0.2) is 4.79 Å². The van der Waals surface area contributed by atoms with Crippen LogP contribution >= 0.6 is 0 Å². The third-order valence-corrected chi connectivity index (χ3v) is 3.45. The first-order valence-electron chi connectivity index (χ1n) is 7.23. The number of ether oxygens (including phenoxy) is 3. The fourth-order valence-electron chi connectivity index (χ4n) is 2.22. The van der Waals surface area contributed by atoms with Crippen LogP contribution in [0.3, 0.4) is 0 Å². The van der Waals surface area contributed by atoms with Gasteiger partial charge in [0.1, 0.15) is 17.2 Å². The molecule has 0 saturated heterocycles. The van der Waals surface area contributed by atoms with E-state index < -0.39 is 5.97 Å². The number of esters is 1. The van der Waals surface area contributed by atoms with Crippen LogP contribution in [0.4, 0.5) is 0 Å². The van der Waals surface area contributed by atoms with E-state index in [0.29, 0.717) is 17.2 Å². The number of methoxy groups -OCH3 is 2. The van der Waals surface area contributed by atoms with Crippen LogP contribution in [0, 0.1) is 13.8 Å². The molecule has 0 N–H and O–H groups in total. The zero-order chi connectivity index (χ0) is 16.8. The predicted octanol–water partition coefficient (Wildman–Crippen LogP) is 3.94. The highest BCUT2D eigenvalue weighted by atomic mass is 16.5. The molecule has 0 unspecified atom stereocenters. The Morgan fingerprint density at radius 1 is 1.00 bits per heavy atom. The van der Waals surface area contributed by atoms with Gasteiger partial charge in [0.2, 0.25) is 0 Å². The number of rotatable bonds is 5. The Morgan fingerprint density at radius 3 is 2.30 bits per heavy atom. The number of carbonyl (C=O) groups excluding carboxylic acids is 1. The molecular formula is C19H20O4. The summed E-state index contributed by atoms with van der Waals surface area (Å²) in [5, 5.41) is 0. The summed E-state index contributed by atoms with van der Waals surface area (Å²) < 4.78 is 15.9. The average Bonchev–Trinajstić information content (AvgIpc) is 2.56. The molecule has 0 atom stereocenters. The number of para-hydroxylation sites is 1. The maximum atomic E-state index is 12.1. The van der Waals surface area contributed by atoms with Crippen molar-refractivity contribution in [3.05, 3.63) is 59.2 Å². The summed E-state index contributed by atoms with van der Waals surface area (Å²) in [4.78, 5) is 12.1. The van der Waals surface area contributed by atoms with E-state index in [1.54, 1.807) is 38.5 Å². The van der Waals surface area contributed by atoms with Gasteiger partial charge in [0.25, 0.3) is 0 Å². The smallest absolute Gasteiger partial charge is 0.336 e. The highest BCUT2D eigenvalue weighted by Crippen LogP contribution is 2.26. The van der Waals surface area contributed by atoms with Crippen molar-refractivity contribution in [2.75, 3.05) is 14.2 Å². The van der Waals surface area contributed by atoms with Gasteiger partial charge in [0.15, 0.2) is 0 Å². The van der Waals surface area contributed by atoms with Gasteiger partial charge in [-0.05, 0) is 49.2 Å². The molecule has 0 bridgehead atoms. The van der Waals surface area contributed by atoms with Crippen molar-refractivity contribution in [2.45, 2.75) is 13.8 Å². The van der Waals surface area contributed by atoms with E-state index in [4.69, 9.17) is 14.2 Å². The van der Waals surface area contributed by atoms with Gasteiger partial charge < -0.3 is 14.2 Å². The molecule has 0 fully saturated rings. The Kier molecular flexibility index (Phi) is 5.41. The van der Waals surface area contributed by atoms with Crippen LogP contribution in [-0.4, -0.2) is 20.2 Å².